The number of para-hydroxylation sites is 1. The molecular weight excluding hydrogens is 176 g/mol. The topological polar surface area (TPSA) is 56.0 Å². The average Bonchev–Trinajstić information content (AvgIpc) is 2.18. The summed E-state index contributed by atoms with van der Waals surface area (Å²) in [5.74, 6) is -0.0549. The van der Waals surface area contributed by atoms with E-state index in [4.69, 9.17) is 5.73 Å². The van der Waals surface area contributed by atoms with Gasteiger partial charge in [0.15, 0.2) is 5.78 Å². The molecular formula is C11H10N2O. The van der Waals surface area contributed by atoms with Crippen molar-refractivity contribution in [3.63, 3.8) is 0 Å². The highest BCUT2D eigenvalue weighted by atomic mass is 16.1. The van der Waals surface area contributed by atoms with Gasteiger partial charge >= 0.3 is 0 Å². The van der Waals surface area contributed by atoms with Crippen molar-refractivity contribution in [1.82, 2.24) is 4.98 Å². The number of hydrogen-bond donors (Lipinski definition) is 1. The van der Waals surface area contributed by atoms with E-state index in [-0.39, 0.29) is 5.78 Å². The number of Topliss-reactive ketones (excluding diaryl/α,β-unsaturated/α-hetero) is 1. The van der Waals surface area contributed by atoms with Gasteiger partial charge in [-0.2, -0.15) is 0 Å². The minimum absolute atomic E-state index is 0.0549. The highest BCUT2D eigenvalue weighted by Gasteiger charge is 2.08. The fourth-order valence-corrected chi connectivity index (χ4v) is 1.44. The summed E-state index contributed by atoms with van der Waals surface area (Å²) >= 11 is 0. The Morgan fingerprint density at radius 3 is 2.79 bits per heavy atom. The molecule has 1 heterocycles. The molecule has 2 aromatic rings. The third-order valence-corrected chi connectivity index (χ3v) is 2.20. The Bertz CT molecular complexity index is 506. The van der Waals surface area contributed by atoms with Crippen LogP contribution in [0.5, 0.6) is 0 Å². The second kappa shape index (κ2) is 3.10. The minimum Gasteiger partial charge on any atom is -0.398 e. The summed E-state index contributed by atoms with van der Waals surface area (Å²) in [5, 5.41) is 0.834. The van der Waals surface area contributed by atoms with Crippen LogP contribution in [0.3, 0.4) is 0 Å². The largest absolute Gasteiger partial charge is 0.398 e. The van der Waals surface area contributed by atoms with Crippen LogP contribution in [0.25, 0.3) is 10.9 Å². The van der Waals surface area contributed by atoms with E-state index in [9.17, 15) is 4.79 Å². The van der Waals surface area contributed by atoms with E-state index < -0.39 is 0 Å². The second-order valence-electron chi connectivity index (χ2n) is 3.16. The van der Waals surface area contributed by atoms with E-state index >= 15 is 0 Å². The van der Waals surface area contributed by atoms with Gasteiger partial charge in [-0.05, 0) is 13.0 Å². The summed E-state index contributed by atoms with van der Waals surface area (Å²) in [6.07, 6.45) is 1.53. The molecule has 70 valence electrons. The monoisotopic (exact) mass is 186 g/mol. The summed E-state index contributed by atoms with van der Waals surface area (Å²) in [6.45, 7) is 1.49. The third-order valence-electron chi connectivity index (χ3n) is 2.20. The number of nitrogens with two attached hydrogens (primary N) is 1. The van der Waals surface area contributed by atoms with Gasteiger partial charge in [-0.3, -0.25) is 9.78 Å². The lowest BCUT2D eigenvalue weighted by Crippen LogP contribution is -2.01. The maximum atomic E-state index is 11.2. The zero-order chi connectivity index (χ0) is 10.1. The van der Waals surface area contributed by atoms with Crippen LogP contribution in [0.1, 0.15) is 17.3 Å². The molecule has 0 atom stereocenters. The predicted molar refractivity (Wildman–Crippen MR) is 56.2 cm³/mol. The highest BCUT2D eigenvalue weighted by Crippen LogP contribution is 2.22. The summed E-state index contributed by atoms with van der Waals surface area (Å²) in [7, 11) is 0. The molecule has 1 aromatic heterocycles. The van der Waals surface area contributed by atoms with Crippen molar-refractivity contribution in [1.29, 1.82) is 0 Å². The number of nitrogen functional groups attached to an aromatic ring is 1. The molecule has 0 bridgehead atoms. The minimum atomic E-state index is -0.0549. The summed E-state index contributed by atoms with van der Waals surface area (Å²) < 4.78 is 0. The quantitative estimate of drug-likeness (QED) is 0.693. The lowest BCUT2D eigenvalue weighted by atomic mass is 10.1. The molecule has 3 nitrogen and oxygen atoms in total. The average molecular weight is 186 g/mol. The first kappa shape index (κ1) is 8.69. The molecule has 0 aliphatic heterocycles. The fraction of sp³-hybridized carbons (Fsp3) is 0.0909. The molecule has 2 rings (SSSR count). The van der Waals surface area contributed by atoms with Gasteiger partial charge < -0.3 is 5.73 Å². The number of rotatable bonds is 1. The van der Waals surface area contributed by atoms with E-state index in [2.05, 4.69) is 4.98 Å². The van der Waals surface area contributed by atoms with Crippen molar-refractivity contribution in [3.8, 4) is 0 Å². The van der Waals surface area contributed by atoms with Gasteiger partial charge in [0.1, 0.15) is 0 Å². The van der Waals surface area contributed by atoms with Gasteiger partial charge in [0.05, 0.1) is 16.8 Å². The molecule has 0 unspecified atom stereocenters. The van der Waals surface area contributed by atoms with Crippen LogP contribution in [-0.2, 0) is 0 Å². The zero-order valence-electron chi connectivity index (χ0n) is 7.82. The molecule has 0 aliphatic carbocycles. The first-order chi connectivity index (χ1) is 6.70. The van der Waals surface area contributed by atoms with Crippen LogP contribution in [0.15, 0.2) is 30.5 Å². The van der Waals surface area contributed by atoms with Crippen molar-refractivity contribution in [2.45, 2.75) is 6.92 Å². The molecule has 1 aromatic carbocycles. The smallest absolute Gasteiger partial charge is 0.163 e. The normalized spacial score (nSPS) is 10.4. The van der Waals surface area contributed by atoms with Crippen LogP contribution in [0.4, 0.5) is 5.69 Å². The number of nitrogens with zero attached hydrogens (tertiary/aromatic N) is 1. The lowest BCUT2D eigenvalue weighted by molar-refractivity contribution is 0.101. The molecule has 0 spiro atoms. The predicted octanol–water partition coefficient (Wildman–Crippen LogP) is 2.02. The number of pyridine rings is 1. The van der Waals surface area contributed by atoms with E-state index in [1.807, 2.05) is 24.3 Å². The lowest BCUT2D eigenvalue weighted by Gasteiger charge is -2.04. The number of fused-ring (bicyclic) bond motifs is 1. The van der Waals surface area contributed by atoms with Crippen LogP contribution in [0, 0.1) is 0 Å². The van der Waals surface area contributed by atoms with Gasteiger partial charge in [-0.15, -0.1) is 0 Å². The Morgan fingerprint density at radius 1 is 1.36 bits per heavy atom. The van der Waals surface area contributed by atoms with Crippen molar-refractivity contribution in [2.24, 2.45) is 0 Å². The molecule has 0 saturated heterocycles. The Labute approximate surface area is 81.6 Å². The van der Waals surface area contributed by atoms with Gasteiger partial charge in [-0.1, -0.05) is 18.2 Å². The van der Waals surface area contributed by atoms with Gasteiger partial charge in [0.2, 0.25) is 0 Å². The first-order valence-electron chi connectivity index (χ1n) is 4.34. The third kappa shape index (κ3) is 1.23. The van der Waals surface area contributed by atoms with Gasteiger partial charge in [-0.25, -0.2) is 0 Å². The number of benzene rings is 1. The molecule has 0 aliphatic rings. The number of hydrogen-bond acceptors (Lipinski definition) is 3. The second-order valence-corrected chi connectivity index (χ2v) is 3.16. The highest BCUT2D eigenvalue weighted by molar-refractivity contribution is 6.06. The van der Waals surface area contributed by atoms with E-state index in [0.717, 1.165) is 10.9 Å². The number of anilines is 1. The summed E-state index contributed by atoms with van der Waals surface area (Å²) in [5.41, 5.74) is 7.68. The maximum absolute atomic E-state index is 11.2. The SMILES string of the molecule is CC(=O)c1cnc2ccccc2c1N. The van der Waals surface area contributed by atoms with E-state index in [0.29, 0.717) is 11.3 Å². The van der Waals surface area contributed by atoms with Crippen molar-refractivity contribution >= 4 is 22.4 Å². The number of ketones is 1. The van der Waals surface area contributed by atoms with Crippen LogP contribution >= 0.6 is 0 Å². The fourth-order valence-electron chi connectivity index (χ4n) is 1.44. The molecule has 3 heteroatoms. The van der Waals surface area contributed by atoms with Crippen molar-refractivity contribution in [3.05, 3.63) is 36.0 Å². The molecule has 14 heavy (non-hydrogen) atoms. The zero-order valence-corrected chi connectivity index (χ0v) is 7.82. The van der Waals surface area contributed by atoms with Crippen molar-refractivity contribution in [2.75, 3.05) is 5.73 Å². The molecule has 0 amide bonds. The van der Waals surface area contributed by atoms with E-state index in [1.54, 1.807) is 0 Å². The Kier molecular flexibility index (Phi) is 1.93. The van der Waals surface area contributed by atoms with Gasteiger partial charge in [0.25, 0.3) is 0 Å². The summed E-state index contributed by atoms with van der Waals surface area (Å²) in [6, 6.07) is 7.51. The molecule has 0 saturated carbocycles. The Morgan fingerprint density at radius 2 is 2.07 bits per heavy atom. The van der Waals surface area contributed by atoms with E-state index in [1.165, 1.54) is 13.1 Å². The number of aromatic nitrogens is 1. The number of carbonyl (C=O) groups excluding carboxylic acids is 1. The van der Waals surface area contributed by atoms with Gasteiger partial charge in [0, 0.05) is 11.6 Å². The Balaban J connectivity index is 2.81. The van der Waals surface area contributed by atoms with Crippen LogP contribution in [0.2, 0.25) is 0 Å². The summed E-state index contributed by atoms with van der Waals surface area (Å²) in [4.78, 5) is 15.4. The molecule has 0 radical (unpaired) electrons. The van der Waals surface area contributed by atoms with Crippen molar-refractivity contribution < 1.29 is 4.79 Å². The molecule has 0 fully saturated rings. The van der Waals surface area contributed by atoms with Crippen LogP contribution in [-0.4, -0.2) is 10.8 Å². The number of carbonyl (C=O) groups is 1. The Hall–Kier alpha value is -1.90. The van der Waals surface area contributed by atoms with Crippen LogP contribution < -0.4 is 5.73 Å². The standard InChI is InChI=1S/C11H10N2O/c1-7(14)9-6-13-10-5-3-2-4-8(10)11(9)12/h2-6H,1H3,(H2,12,13). The maximum Gasteiger partial charge on any atom is 0.163 e. The molecule has 2 N–H and O–H groups in total. The first-order valence-corrected chi connectivity index (χ1v) is 4.34.